The van der Waals surface area contributed by atoms with Crippen LogP contribution in [0.1, 0.15) is 18.9 Å². The molecule has 0 radical (unpaired) electrons. The highest BCUT2D eigenvalue weighted by atomic mass is 16.5. The van der Waals surface area contributed by atoms with Crippen molar-refractivity contribution in [3.05, 3.63) is 30.1 Å². The van der Waals surface area contributed by atoms with E-state index >= 15 is 0 Å². The number of nitrogens with one attached hydrogen (secondary N) is 1. The number of aromatic nitrogens is 2. The van der Waals surface area contributed by atoms with Gasteiger partial charge in [0, 0.05) is 13.7 Å². The maximum Gasteiger partial charge on any atom is 0.313 e. The summed E-state index contributed by atoms with van der Waals surface area (Å²) in [7, 11) is 1.57. The highest BCUT2D eigenvalue weighted by Crippen LogP contribution is 2.29. The maximum absolute atomic E-state index is 11.5. The van der Waals surface area contributed by atoms with Gasteiger partial charge in [0.15, 0.2) is 0 Å². The highest BCUT2D eigenvalue weighted by Gasteiger charge is 2.35. The van der Waals surface area contributed by atoms with E-state index in [9.17, 15) is 9.90 Å². The molecule has 0 aliphatic heterocycles. The second-order valence-electron chi connectivity index (χ2n) is 4.51. The van der Waals surface area contributed by atoms with E-state index in [1.165, 1.54) is 0 Å². The molecule has 5 heteroatoms. The Hall–Kier alpha value is -1.88. The zero-order valence-electron chi connectivity index (χ0n) is 10.4. The van der Waals surface area contributed by atoms with Crippen molar-refractivity contribution < 1.29 is 14.6 Å². The number of nitrogens with zero attached hydrogens (tertiary/aromatic N) is 1. The number of aliphatic carboxylic acids is 1. The first-order valence-corrected chi connectivity index (χ1v) is 5.74. The Labute approximate surface area is 105 Å². The van der Waals surface area contributed by atoms with Crippen molar-refractivity contribution in [1.29, 1.82) is 0 Å². The van der Waals surface area contributed by atoms with Gasteiger partial charge < -0.3 is 14.8 Å². The monoisotopic (exact) mass is 248 g/mol. The van der Waals surface area contributed by atoms with E-state index in [4.69, 9.17) is 4.74 Å². The number of H-pyrrole nitrogens is 1. The number of imidazole rings is 1. The molecule has 96 valence electrons. The largest absolute Gasteiger partial charge is 0.481 e. The van der Waals surface area contributed by atoms with Crippen LogP contribution in [0.15, 0.2) is 24.5 Å². The molecule has 0 aliphatic rings. The standard InChI is InChI=1S/C13H16N2O3/c1-13(12(16)17,5-6-18-2)9-3-4-10-11(7-9)15-8-14-10/h3-4,7-8H,5-6H2,1-2H3,(H,14,15)(H,16,17). The molecule has 2 rings (SSSR count). The van der Waals surface area contributed by atoms with Gasteiger partial charge in [-0.1, -0.05) is 6.07 Å². The molecule has 1 aromatic heterocycles. The Bertz CT molecular complexity index is 564. The van der Waals surface area contributed by atoms with Crippen molar-refractivity contribution in [3.63, 3.8) is 0 Å². The third-order valence-electron chi connectivity index (χ3n) is 3.34. The van der Waals surface area contributed by atoms with Crippen LogP contribution in [-0.2, 0) is 14.9 Å². The van der Waals surface area contributed by atoms with Crippen LogP contribution in [0.4, 0.5) is 0 Å². The van der Waals surface area contributed by atoms with Gasteiger partial charge in [0.05, 0.1) is 22.8 Å². The number of methoxy groups -OCH3 is 1. The molecule has 0 aliphatic carbocycles. The Morgan fingerprint density at radius 1 is 1.56 bits per heavy atom. The van der Waals surface area contributed by atoms with E-state index in [0.717, 1.165) is 16.6 Å². The second-order valence-corrected chi connectivity index (χ2v) is 4.51. The van der Waals surface area contributed by atoms with Crippen molar-refractivity contribution in [3.8, 4) is 0 Å². The first-order valence-electron chi connectivity index (χ1n) is 5.74. The van der Waals surface area contributed by atoms with Gasteiger partial charge in [-0.15, -0.1) is 0 Å². The van der Waals surface area contributed by atoms with Crippen molar-refractivity contribution in [2.45, 2.75) is 18.8 Å². The lowest BCUT2D eigenvalue weighted by Crippen LogP contribution is -2.33. The van der Waals surface area contributed by atoms with Crippen molar-refractivity contribution in [2.24, 2.45) is 0 Å². The van der Waals surface area contributed by atoms with Gasteiger partial charge in [0.2, 0.25) is 0 Å². The molecule has 1 aromatic carbocycles. The molecule has 1 heterocycles. The lowest BCUT2D eigenvalue weighted by molar-refractivity contribution is -0.143. The number of aromatic amines is 1. The SMILES string of the molecule is COCCC(C)(C(=O)O)c1ccc2nc[nH]c2c1. The molecule has 0 saturated carbocycles. The summed E-state index contributed by atoms with van der Waals surface area (Å²) in [6.07, 6.45) is 2.03. The molecule has 0 bridgehead atoms. The number of fused-ring (bicyclic) bond motifs is 1. The van der Waals surface area contributed by atoms with Crippen LogP contribution in [0.2, 0.25) is 0 Å². The fraction of sp³-hybridized carbons (Fsp3) is 0.385. The Kier molecular flexibility index (Phi) is 3.34. The van der Waals surface area contributed by atoms with Crippen molar-refractivity contribution >= 4 is 17.0 Å². The van der Waals surface area contributed by atoms with E-state index in [-0.39, 0.29) is 0 Å². The summed E-state index contributed by atoms with van der Waals surface area (Å²) >= 11 is 0. The minimum Gasteiger partial charge on any atom is -0.481 e. The molecule has 2 N–H and O–H groups in total. The topological polar surface area (TPSA) is 75.2 Å². The third-order valence-corrected chi connectivity index (χ3v) is 3.34. The fourth-order valence-corrected chi connectivity index (χ4v) is 1.96. The smallest absolute Gasteiger partial charge is 0.313 e. The quantitative estimate of drug-likeness (QED) is 0.848. The fourth-order valence-electron chi connectivity index (χ4n) is 1.96. The molecular weight excluding hydrogens is 232 g/mol. The number of hydrogen-bond acceptors (Lipinski definition) is 3. The molecule has 0 saturated heterocycles. The van der Waals surface area contributed by atoms with Gasteiger partial charge in [-0.05, 0) is 31.0 Å². The number of rotatable bonds is 5. The average Bonchev–Trinajstić information content (AvgIpc) is 2.82. The predicted molar refractivity (Wildman–Crippen MR) is 67.6 cm³/mol. The summed E-state index contributed by atoms with van der Waals surface area (Å²) in [5, 5.41) is 9.45. The molecule has 2 aromatic rings. The number of benzene rings is 1. The van der Waals surface area contributed by atoms with Crippen LogP contribution in [0.5, 0.6) is 0 Å². The van der Waals surface area contributed by atoms with Crippen molar-refractivity contribution in [2.75, 3.05) is 13.7 Å². The summed E-state index contributed by atoms with van der Waals surface area (Å²) in [6, 6.07) is 5.48. The van der Waals surface area contributed by atoms with Gasteiger partial charge in [0.1, 0.15) is 0 Å². The van der Waals surface area contributed by atoms with Crippen molar-refractivity contribution in [1.82, 2.24) is 9.97 Å². The minimum absolute atomic E-state index is 0.407. The Morgan fingerprint density at radius 3 is 3.00 bits per heavy atom. The molecule has 1 atom stereocenters. The van der Waals surface area contributed by atoms with Crippen LogP contribution in [0.3, 0.4) is 0 Å². The predicted octanol–water partition coefficient (Wildman–Crippen LogP) is 1.94. The molecule has 18 heavy (non-hydrogen) atoms. The van der Waals surface area contributed by atoms with Gasteiger partial charge in [-0.25, -0.2) is 4.98 Å². The zero-order chi connectivity index (χ0) is 13.2. The van der Waals surface area contributed by atoms with Gasteiger partial charge in [0.25, 0.3) is 0 Å². The summed E-state index contributed by atoms with van der Waals surface area (Å²) in [6.45, 7) is 2.12. The Balaban J connectivity index is 2.43. The van der Waals surface area contributed by atoms with Crippen LogP contribution in [0.25, 0.3) is 11.0 Å². The lowest BCUT2D eigenvalue weighted by Gasteiger charge is -2.25. The van der Waals surface area contributed by atoms with Gasteiger partial charge in [-0.3, -0.25) is 4.79 Å². The molecular formula is C13H16N2O3. The summed E-state index contributed by atoms with van der Waals surface area (Å²) in [5.74, 6) is -0.849. The van der Waals surface area contributed by atoms with E-state index in [1.54, 1.807) is 20.4 Å². The normalized spacial score (nSPS) is 14.6. The van der Waals surface area contributed by atoms with E-state index in [0.29, 0.717) is 13.0 Å². The van der Waals surface area contributed by atoms with Crippen LogP contribution >= 0.6 is 0 Å². The minimum atomic E-state index is -0.949. The highest BCUT2D eigenvalue weighted by molar-refractivity contribution is 5.84. The summed E-state index contributed by atoms with van der Waals surface area (Å²) < 4.78 is 5.00. The number of carboxylic acid groups (broad SMARTS) is 1. The van der Waals surface area contributed by atoms with Gasteiger partial charge >= 0.3 is 5.97 Å². The molecule has 0 fully saturated rings. The number of carboxylic acids is 1. The van der Waals surface area contributed by atoms with Crippen LogP contribution in [-0.4, -0.2) is 34.8 Å². The lowest BCUT2D eigenvalue weighted by atomic mass is 9.79. The van der Waals surface area contributed by atoms with Gasteiger partial charge in [-0.2, -0.15) is 0 Å². The summed E-state index contributed by atoms with van der Waals surface area (Å²) in [4.78, 5) is 18.6. The molecule has 5 nitrogen and oxygen atoms in total. The van der Waals surface area contributed by atoms with Crippen LogP contribution in [0, 0.1) is 0 Å². The average molecular weight is 248 g/mol. The molecule has 0 amide bonds. The van der Waals surface area contributed by atoms with E-state index in [1.807, 2.05) is 18.2 Å². The number of carbonyl (C=O) groups is 1. The maximum atomic E-state index is 11.5. The molecule has 1 unspecified atom stereocenters. The number of hydrogen-bond donors (Lipinski definition) is 2. The third kappa shape index (κ3) is 2.09. The second kappa shape index (κ2) is 4.78. The zero-order valence-corrected chi connectivity index (χ0v) is 10.4. The van der Waals surface area contributed by atoms with E-state index in [2.05, 4.69) is 9.97 Å². The Morgan fingerprint density at radius 2 is 2.33 bits per heavy atom. The van der Waals surface area contributed by atoms with E-state index < -0.39 is 11.4 Å². The number of ether oxygens (including phenoxy) is 1. The van der Waals surface area contributed by atoms with Crippen LogP contribution < -0.4 is 0 Å². The first-order chi connectivity index (χ1) is 8.58. The summed E-state index contributed by atoms with van der Waals surface area (Å²) in [5.41, 5.74) is 1.48. The molecule has 0 spiro atoms. The first kappa shape index (κ1) is 12.6.